The van der Waals surface area contributed by atoms with E-state index >= 15 is 0 Å². The molecule has 0 radical (unpaired) electrons. The molecule has 0 bridgehead atoms. The number of pyridine rings is 1. The van der Waals surface area contributed by atoms with E-state index in [1.54, 1.807) is 37.7 Å². The minimum atomic E-state index is -0.202. The lowest BCUT2D eigenvalue weighted by atomic mass is 10.0. The van der Waals surface area contributed by atoms with Crippen molar-refractivity contribution in [1.82, 2.24) is 19.9 Å². The van der Waals surface area contributed by atoms with Gasteiger partial charge >= 0.3 is 0 Å². The van der Waals surface area contributed by atoms with Crippen molar-refractivity contribution in [2.45, 2.75) is 31.3 Å². The summed E-state index contributed by atoms with van der Waals surface area (Å²) in [6.45, 7) is 0. The van der Waals surface area contributed by atoms with Crippen molar-refractivity contribution in [1.29, 1.82) is 0 Å². The number of rotatable bonds is 6. The molecule has 6 rings (SSSR count). The quantitative estimate of drug-likeness (QED) is 0.271. The number of ether oxygens (including phenoxy) is 2. The van der Waals surface area contributed by atoms with Crippen molar-refractivity contribution in [3.8, 4) is 11.5 Å². The number of para-hydroxylation sites is 1. The summed E-state index contributed by atoms with van der Waals surface area (Å²) >= 11 is 6.53. The van der Waals surface area contributed by atoms with Gasteiger partial charge in [-0.3, -0.25) is 4.79 Å². The SMILES string of the molecule is CO[C@@H]1CC[C@@H](c2nc3c(cnc4[nH]cc(C(=O)c5ccc(Oc6ccccc6)cc5Cl)c43)[nH]2)C1. The second-order valence-electron chi connectivity index (χ2n) is 8.82. The number of imidazole rings is 1. The molecule has 3 heterocycles. The molecular formula is C27H23ClN4O3. The summed E-state index contributed by atoms with van der Waals surface area (Å²) in [6.07, 6.45) is 6.65. The van der Waals surface area contributed by atoms with Gasteiger partial charge in [0.1, 0.15) is 28.5 Å². The number of fused-ring (bicyclic) bond motifs is 3. The van der Waals surface area contributed by atoms with Crippen LogP contribution in [-0.4, -0.2) is 38.9 Å². The number of nitrogens with zero attached hydrogens (tertiary/aromatic N) is 2. The van der Waals surface area contributed by atoms with Crippen LogP contribution in [0.5, 0.6) is 11.5 Å². The predicted octanol–water partition coefficient (Wildman–Crippen LogP) is 6.40. The number of carbonyl (C=O) groups is 1. The van der Waals surface area contributed by atoms with Crippen LogP contribution in [0.4, 0.5) is 0 Å². The molecule has 0 amide bonds. The summed E-state index contributed by atoms with van der Waals surface area (Å²) in [7, 11) is 1.75. The average molecular weight is 487 g/mol. The molecule has 3 aromatic heterocycles. The fourth-order valence-corrected chi connectivity index (χ4v) is 5.12. The molecule has 7 nitrogen and oxygen atoms in total. The molecule has 176 valence electrons. The minimum Gasteiger partial charge on any atom is -0.457 e. The number of H-pyrrole nitrogens is 2. The number of aromatic nitrogens is 4. The van der Waals surface area contributed by atoms with E-state index in [0.717, 1.165) is 36.1 Å². The first-order chi connectivity index (χ1) is 17.1. The van der Waals surface area contributed by atoms with Gasteiger partial charge in [0.25, 0.3) is 0 Å². The summed E-state index contributed by atoms with van der Waals surface area (Å²) in [5.41, 5.74) is 3.02. The number of ketones is 1. The van der Waals surface area contributed by atoms with Crippen LogP contribution in [0, 0.1) is 0 Å². The molecule has 0 aliphatic heterocycles. The van der Waals surface area contributed by atoms with Crippen LogP contribution in [0.1, 0.15) is 46.9 Å². The Morgan fingerprint density at radius 3 is 2.71 bits per heavy atom. The Kier molecular flexibility index (Phi) is 5.51. The topological polar surface area (TPSA) is 92.9 Å². The van der Waals surface area contributed by atoms with E-state index in [2.05, 4.69) is 15.0 Å². The maximum absolute atomic E-state index is 13.6. The van der Waals surface area contributed by atoms with Crippen molar-refractivity contribution < 1.29 is 14.3 Å². The number of aromatic amines is 2. The van der Waals surface area contributed by atoms with Crippen molar-refractivity contribution in [3.63, 3.8) is 0 Å². The molecule has 0 spiro atoms. The van der Waals surface area contributed by atoms with Crippen molar-refractivity contribution in [2.24, 2.45) is 0 Å². The van der Waals surface area contributed by atoms with Crippen LogP contribution < -0.4 is 4.74 Å². The molecule has 2 atom stereocenters. The third-order valence-corrected chi connectivity index (χ3v) is 6.99. The lowest BCUT2D eigenvalue weighted by molar-refractivity contribution is 0.104. The van der Waals surface area contributed by atoms with Gasteiger partial charge in [0.05, 0.1) is 33.8 Å². The molecule has 35 heavy (non-hydrogen) atoms. The highest BCUT2D eigenvalue weighted by molar-refractivity contribution is 6.36. The lowest BCUT2D eigenvalue weighted by Crippen LogP contribution is -2.04. The standard InChI is InChI=1S/C27H23ClN4O3/c1-34-17-8-7-15(11-17)26-31-22-14-30-27-23(24(22)32-26)20(13-29-27)25(33)19-10-9-18(12-21(19)28)35-16-5-3-2-4-6-16/h2-6,9-10,12-15,17H,7-8,11H2,1H3,(H,29,30)(H,31,32)/t15-,17-/m1/s1. The average Bonchev–Trinajstić information content (AvgIpc) is 3.61. The predicted molar refractivity (Wildman–Crippen MR) is 135 cm³/mol. The second-order valence-corrected chi connectivity index (χ2v) is 9.23. The normalized spacial score (nSPS) is 17.9. The van der Waals surface area contributed by atoms with Crippen LogP contribution >= 0.6 is 11.6 Å². The van der Waals surface area contributed by atoms with Crippen molar-refractivity contribution in [2.75, 3.05) is 7.11 Å². The molecule has 8 heteroatoms. The molecule has 0 unspecified atom stereocenters. The first-order valence-corrected chi connectivity index (χ1v) is 11.9. The Morgan fingerprint density at radius 2 is 1.94 bits per heavy atom. The molecular weight excluding hydrogens is 464 g/mol. The van der Waals surface area contributed by atoms with Crippen LogP contribution in [0.3, 0.4) is 0 Å². The first-order valence-electron chi connectivity index (χ1n) is 11.6. The van der Waals surface area contributed by atoms with Gasteiger partial charge in [0, 0.05) is 30.9 Å². The summed E-state index contributed by atoms with van der Waals surface area (Å²) < 4.78 is 11.4. The maximum Gasteiger partial charge on any atom is 0.196 e. The Morgan fingerprint density at radius 1 is 1.09 bits per heavy atom. The number of hydrogen-bond acceptors (Lipinski definition) is 5. The maximum atomic E-state index is 13.6. The van der Waals surface area contributed by atoms with Gasteiger partial charge in [-0.25, -0.2) is 9.97 Å². The van der Waals surface area contributed by atoms with Gasteiger partial charge in [0.2, 0.25) is 0 Å². The number of nitrogens with one attached hydrogen (secondary N) is 2. The van der Waals surface area contributed by atoms with Crippen LogP contribution in [0.15, 0.2) is 60.9 Å². The summed E-state index contributed by atoms with van der Waals surface area (Å²) in [5, 5.41) is 1.01. The minimum absolute atomic E-state index is 0.202. The number of benzene rings is 2. The van der Waals surface area contributed by atoms with Crippen LogP contribution in [0.2, 0.25) is 5.02 Å². The highest BCUT2D eigenvalue weighted by Crippen LogP contribution is 2.37. The van der Waals surface area contributed by atoms with E-state index in [1.165, 1.54) is 0 Å². The van der Waals surface area contributed by atoms with E-state index < -0.39 is 0 Å². The fourth-order valence-electron chi connectivity index (χ4n) is 4.86. The fraction of sp³-hybridized carbons (Fsp3) is 0.222. The molecule has 0 saturated heterocycles. The lowest BCUT2D eigenvalue weighted by Gasteiger charge is -2.08. The zero-order valence-corrected chi connectivity index (χ0v) is 19.8. The highest BCUT2D eigenvalue weighted by Gasteiger charge is 2.29. The molecule has 1 fully saturated rings. The first kappa shape index (κ1) is 21.8. The Balaban J connectivity index is 1.35. The highest BCUT2D eigenvalue weighted by atomic mass is 35.5. The Bertz CT molecular complexity index is 1540. The van der Waals surface area contributed by atoms with Gasteiger partial charge in [-0.2, -0.15) is 0 Å². The smallest absolute Gasteiger partial charge is 0.196 e. The molecule has 2 aromatic carbocycles. The summed E-state index contributed by atoms with van der Waals surface area (Å²) in [6, 6.07) is 14.5. The Hall–Kier alpha value is -3.68. The van der Waals surface area contributed by atoms with E-state index in [4.69, 9.17) is 26.1 Å². The zero-order chi connectivity index (χ0) is 23.9. The monoisotopic (exact) mass is 486 g/mol. The summed E-state index contributed by atoms with van der Waals surface area (Å²) in [5.74, 6) is 2.26. The number of halogens is 1. The number of methoxy groups -OCH3 is 1. The second kappa shape index (κ2) is 8.83. The van der Waals surface area contributed by atoms with E-state index in [1.807, 2.05) is 30.3 Å². The van der Waals surface area contributed by atoms with E-state index in [-0.39, 0.29) is 11.9 Å². The Labute approximate surface area is 206 Å². The van der Waals surface area contributed by atoms with Crippen LogP contribution in [0.25, 0.3) is 22.1 Å². The van der Waals surface area contributed by atoms with Crippen molar-refractivity contribution >= 4 is 39.5 Å². The molecule has 1 saturated carbocycles. The van der Waals surface area contributed by atoms with E-state index in [0.29, 0.717) is 44.6 Å². The third-order valence-electron chi connectivity index (χ3n) is 6.68. The van der Waals surface area contributed by atoms with Gasteiger partial charge in [-0.1, -0.05) is 29.8 Å². The number of hydrogen-bond donors (Lipinski definition) is 2. The molecule has 5 aromatic rings. The van der Waals surface area contributed by atoms with Gasteiger partial charge < -0.3 is 19.4 Å². The summed E-state index contributed by atoms with van der Waals surface area (Å²) in [4.78, 5) is 29.5. The number of carbonyl (C=O) groups excluding carboxylic acids is 1. The molecule has 1 aliphatic rings. The van der Waals surface area contributed by atoms with Gasteiger partial charge in [-0.05, 0) is 43.5 Å². The van der Waals surface area contributed by atoms with Crippen LogP contribution in [-0.2, 0) is 4.74 Å². The van der Waals surface area contributed by atoms with E-state index in [9.17, 15) is 4.79 Å². The zero-order valence-electron chi connectivity index (χ0n) is 19.0. The third kappa shape index (κ3) is 3.96. The van der Waals surface area contributed by atoms with Gasteiger partial charge in [0.15, 0.2) is 5.78 Å². The molecule has 2 N–H and O–H groups in total. The van der Waals surface area contributed by atoms with Crippen molar-refractivity contribution in [3.05, 3.63) is 82.9 Å². The molecule has 1 aliphatic carbocycles. The van der Waals surface area contributed by atoms with Gasteiger partial charge in [-0.15, -0.1) is 0 Å². The largest absolute Gasteiger partial charge is 0.457 e.